The third-order valence-corrected chi connectivity index (χ3v) is 4.74. The van der Waals surface area contributed by atoms with Gasteiger partial charge in [0, 0.05) is 16.7 Å². The van der Waals surface area contributed by atoms with E-state index < -0.39 is 0 Å². The van der Waals surface area contributed by atoms with Crippen molar-refractivity contribution in [1.82, 2.24) is 4.98 Å². The summed E-state index contributed by atoms with van der Waals surface area (Å²) < 4.78 is 6.24. The Labute approximate surface area is 130 Å². The first-order valence-corrected chi connectivity index (χ1v) is 8.07. The zero-order valence-corrected chi connectivity index (χ0v) is 13.4. The van der Waals surface area contributed by atoms with Gasteiger partial charge < -0.3 is 9.72 Å². The van der Waals surface area contributed by atoms with E-state index in [1.807, 2.05) is 12.1 Å². The minimum atomic E-state index is 0.865. The van der Waals surface area contributed by atoms with Crippen molar-refractivity contribution in [3.8, 4) is 5.75 Å². The van der Waals surface area contributed by atoms with Crippen molar-refractivity contribution in [3.05, 3.63) is 58.6 Å². The molecule has 0 unspecified atom stereocenters. The molecule has 2 nitrogen and oxygen atoms in total. The van der Waals surface area contributed by atoms with Crippen LogP contribution in [0.1, 0.15) is 5.56 Å². The summed E-state index contributed by atoms with van der Waals surface area (Å²) in [5, 5.41) is 2.45. The van der Waals surface area contributed by atoms with Gasteiger partial charge in [0.1, 0.15) is 5.75 Å². The lowest BCUT2D eigenvalue weighted by Crippen LogP contribution is -1.86. The third kappa shape index (κ3) is 2.86. The summed E-state index contributed by atoms with van der Waals surface area (Å²) in [6.07, 6.45) is 0. The molecule has 3 rings (SSSR count). The monoisotopic (exact) mass is 347 g/mol. The van der Waals surface area contributed by atoms with Gasteiger partial charge in [-0.2, -0.15) is 0 Å². The van der Waals surface area contributed by atoms with Crippen LogP contribution < -0.4 is 4.74 Å². The quantitative estimate of drug-likeness (QED) is 0.653. The molecule has 102 valence electrons. The number of halogens is 1. The van der Waals surface area contributed by atoms with Gasteiger partial charge in [0.05, 0.1) is 16.6 Å². The number of aromatic nitrogens is 1. The Balaban J connectivity index is 1.74. The first kappa shape index (κ1) is 13.6. The second kappa shape index (κ2) is 5.94. The largest absolute Gasteiger partial charge is 0.496 e. The Kier molecular flexibility index (Phi) is 4.03. The van der Waals surface area contributed by atoms with Crippen molar-refractivity contribution in [3.63, 3.8) is 0 Å². The van der Waals surface area contributed by atoms with Gasteiger partial charge in [0.15, 0.2) is 0 Å². The topological polar surface area (TPSA) is 25.0 Å². The summed E-state index contributed by atoms with van der Waals surface area (Å²) in [4.78, 5) is 3.43. The number of methoxy groups -OCH3 is 1. The molecule has 0 aliphatic rings. The number of thioether (sulfide) groups is 1. The van der Waals surface area contributed by atoms with Crippen LogP contribution in [-0.2, 0) is 5.75 Å². The van der Waals surface area contributed by atoms with E-state index in [0.717, 1.165) is 16.0 Å². The molecular formula is C16H14BrNOS. The van der Waals surface area contributed by atoms with Crippen molar-refractivity contribution in [2.45, 2.75) is 10.8 Å². The molecule has 3 aromatic rings. The second-order valence-corrected chi connectivity index (χ2v) is 6.35. The molecule has 1 N–H and O–H groups in total. The molecule has 0 saturated heterocycles. The van der Waals surface area contributed by atoms with Crippen LogP contribution in [0.5, 0.6) is 5.75 Å². The zero-order valence-electron chi connectivity index (χ0n) is 11.0. The molecule has 0 bridgehead atoms. The van der Waals surface area contributed by atoms with Crippen molar-refractivity contribution >= 4 is 38.6 Å². The van der Waals surface area contributed by atoms with E-state index in [9.17, 15) is 0 Å². The Morgan fingerprint density at radius 2 is 2.00 bits per heavy atom. The predicted octanol–water partition coefficient (Wildman–Crippen LogP) is 5.23. The molecule has 0 aliphatic carbocycles. The number of hydrogen-bond donors (Lipinski definition) is 1. The lowest BCUT2D eigenvalue weighted by molar-refractivity contribution is 0.412. The highest BCUT2D eigenvalue weighted by atomic mass is 79.9. The van der Waals surface area contributed by atoms with E-state index in [4.69, 9.17) is 4.74 Å². The van der Waals surface area contributed by atoms with Crippen molar-refractivity contribution in [2.75, 3.05) is 7.11 Å². The van der Waals surface area contributed by atoms with Gasteiger partial charge in [0.25, 0.3) is 0 Å². The first-order chi connectivity index (χ1) is 9.76. The first-order valence-electron chi connectivity index (χ1n) is 6.29. The standard InChI is InChI=1S/C16H14BrNOS/c1-19-15-7-6-11(8-13(15)17)10-20-16-9-12-4-2-3-5-14(12)18-16/h2-9,18H,10H2,1H3. The molecular weight excluding hydrogens is 334 g/mol. The molecule has 4 heteroatoms. The Morgan fingerprint density at radius 3 is 2.75 bits per heavy atom. The van der Waals surface area contributed by atoms with Crippen LogP contribution in [0.3, 0.4) is 0 Å². The Bertz CT molecular complexity index is 705. The van der Waals surface area contributed by atoms with E-state index in [2.05, 4.69) is 57.3 Å². The summed E-state index contributed by atoms with van der Waals surface area (Å²) in [5.74, 6) is 1.79. The Hall–Kier alpha value is -1.39. The van der Waals surface area contributed by atoms with E-state index in [0.29, 0.717) is 0 Å². The average Bonchev–Trinajstić information content (AvgIpc) is 2.88. The van der Waals surface area contributed by atoms with Crippen molar-refractivity contribution < 1.29 is 4.74 Å². The average molecular weight is 348 g/mol. The van der Waals surface area contributed by atoms with Gasteiger partial charge >= 0.3 is 0 Å². The Morgan fingerprint density at radius 1 is 1.15 bits per heavy atom. The number of aromatic amines is 1. The SMILES string of the molecule is COc1ccc(CSc2cc3ccccc3[nH]2)cc1Br. The molecule has 1 aromatic heterocycles. The number of fused-ring (bicyclic) bond motifs is 1. The van der Waals surface area contributed by atoms with Crippen LogP contribution in [-0.4, -0.2) is 12.1 Å². The number of rotatable bonds is 4. The number of nitrogens with one attached hydrogen (secondary N) is 1. The van der Waals surface area contributed by atoms with Crippen LogP contribution in [0.4, 0.5) is 0 Å². The lowest BCUT2D eigenvalue weighted by atomic mass is 10.2. The molecule has 20 heavy (non-hydrogen) atoms. The highest BCUT2D eigenvalue weighted by Crippen LogP contribution is 2.30. The van der Waals surface area contributed by atoms with Crippen LogP contribution in [0.2, 0.25) is 0 Å². The van der Waals surface area contributed by atoms with E-state index in [1.165, 1.54) is 21.5 Å². The fraction of sp³-hybridized carbons (Fsp3) is 0.125. The van der Waals surface area contributed by atoms with Crippen molar-refractivity contribution in [2.24, 2.45) is 0 Å². The van der Waals surface area contributed by atoms with Crippen LogP contribution >= 0.6 is 27.7 Å². The fourth-order valence-electron chi connectivity index (χ4n) is 2.09. The third-order valence-electron chi connectivity index (χ3n) is 3.12. The van der Waals surface area contributed by atoms with E-state index >= 15 is 0 Å². The van der Waals surface area contributed by atoms with Gasteiger partial charge in [-0.3, -0.25) is 0 Å². The van der Waals surface area contributed by atoms with Crippen LogP contribution in [0, 0.1) is 0 Å². The molecule has 0 spiro atoms. The lowest BCUT2D eigenvalue weighted by Gasteiger charge is -2.05. The molecule has 1 heterocycles. The number of benzene rings is 2. The summed E-state index contributed by atoms with van der Waals surface area (Å²) in [6.45, 7) is 0. The second-order valence-electron chi connectivity index (χ2n) is 4.48. The fourth-order valence-corrected chi connectivity index (χ4v) is 3.57. The maximum atomic E-state index is 5.24. The van der Waals surface area contributed by atoms with E-state index in [1.54, 1.807) is 18.9 Å². The summed E-state index contributed by atoms with van der Waals surface area (Å²) in [6, 6.07) is 16.7. The molecule has 0 amide bonds. The van der Waals surface area contributed by atoms with Crippen LogP contribution in [0.15, 0.2) is 58.0 Å². The van der Waals surface area contributed by atoms with Gasteiger partial charge in [-0.1, -0.05) is 24.3 Å². The molecule has 0 fully saturated rings. The number of ether oxygens (including phenoxy) is 1. The maximum Gasteiger partial charge on any atom is 0.133 e. The van der Waals surface area contributed by atoms with Crippen LogP contribution in [0.25, 0.3) is 10.9 Å². The number of para-hydroxylation sites is 1. The predicted molar refractivity (Wildman–Crippen MR) is 88.6 cm³/mol. The molecule has 0 aliphatic heterocycles. The number of H-pyrrole nitrogens is 1. The van der Waals surface area contributed by atoms with Gasteiger partial charge in [-0.25, -0.2) is 0 Å². The maximum absolute atomic E-state index is 5.24. The summed E-state index contributed by atoms with van der Waals surface area (Å²) in [7, 11) is 1.68. The minimum Gasteiger partial charge on any atom is -0.496 e. The van der Waals surface area contributed by atoms with Gasteiger partial charge in [0.2, 0.25) is 0 Å². The molecule has 0 atom stereocenters. The number of hydrogen-bond acceptors (Lipinski definition) is 2. The molecule has 0 radical (unpaired) electrons. The molecule has 2 aromatic carbocycles. The minimum absolute atomic E-state index is 0.865. The van der Waals surface area contributed by atoms with Crippen molar-refractivity contribution in [1.29, 1.82) is 0 Å². The van der Waals surface area contributed by atoms with Gasteiger partial charge in [-0.15, -0.1) is 11.8 Å². The normalized spacial score (nSPS) is 10.9. The highest BCUT2D eigenvalue weighted by molar-refractivity contribution is 9.10. The van der Waals surface area contributed by atoms with E-state index in [-0.39, 0.29) is 0 Å². The zero-order chi connectivity index (χ0) is 13.9. The van der Waals surface area contributed by atoms with Gasteiger partial charge in [-0.05, 0) is 45.8 Å². The smallest absolute Gasteiger partial charge is 0.133 e. The highest BCUT2D eigenvalue weighted by Gasteiger charge is 2.04. The summed E-state index contributed by atoms with van der Waals surface area (Å²) >= 11 is 5.32. The summed E-state index contributed by atoms with van der Waals surface area (Å²) in [5.41, 5.74) is 2.45. The molecule has 0 saturated carbocycles.